The highest BCUT2D eigenvalue weighted by Crippen LogP contribution is 2.01. The lowest BCUT2D eigenvalue weighted by molar-refractivity contribution is -0.145. The maximum absolute atomic E-state index is 11.6. The van der Waals surface area contributed by atoms with E-state index in [2.05, 4.69) is 5.10 Å². The van der Waals surface area contributed by atoms with Crippen molar-refractivity contribution in [1.29, 1.82) is 0 Å². The van der Waals surface area contributed by atoms with Crippen LogP contribution < -0.4 is 5.59 Å². The minimum Gasteiger partial charge on any atom is -0.493 e. The van der Waals surface area contributed by atoms with Crippen molar-refractivity contribution in [1.82, 2.24) is 14.7 Å². The van der Waals surface area contributed by atoms with Gasteiger partial charge < -0.3 is 9.31 Å². The summed E-state index contributed by atoms with van der Waals surface area (Å²) >= 11 is 0. The van der Waals surface area contributed by atoms with Crippen LogP contribution >= 0.6 is 0 Å². The van der Waals surface area contributed by atoms with E-state index in [1.807, 2.05) is 6.92 Å². The minimum absolute atomic E-state index is 0.0614. The molecular formula is C10H14BN3O4. The number of rotatable bonds is 2. The third-order valence-electron chi connectivity index (χ3n) is 2.57. The summed E-state index contributed by atoms with van der Waals surface area (Å²) in [5, 5.41) is 4.05. The van der Waals surface area contributed by atoms with Crippen LogP contribution in [0.4, 0.5) is 0 Å². The van der Waals surface area contributed by atoms with Gasteiger partial charge in [0.05, 0.1) is 18.7 Å². The average molecular weight is 251 g/mol. The molecule has 1 aromatic rings. The van der Waals surface area contributed by atoms with Crippen molar-refractivity contribution in [2.75, 3.05) is 20.1 Å². The Hall–Kier alpha value is -1.83. The molecule has 0 unspecified atom stereocenters. The van der Waals surface area contributed by atoms with Crippen molar-refractivity contribution in [3.05, 3.63) is 12.3 Å². The molecule has 0 amide bonds. The van der Waals surface area contributed by atoms with Crippen molar-refractivity contribution in [3.8, 4) is 0 Å². The summed E-state index contributed by atoms with van der Waals surface area (Å²) in [5.74, 6) is -0.863. The van der Waals surface area contributed by atoms with Gasteiger partial charge in [0.1, 0.15) is 0 Å². The van der Waals surface area contributed by atoms with Gasteiger partial charge in [-0.2, -0.15) is 5.10 Å². The summed E-state index contributed by atoms with van der Waals surface area (Å²) in [6.07, 6.45) is 1.57. The van der Waals surface area contributed by atoms with Crippen LogP contribution in [-0.2, 0) is 25.4 Å². The van der Waals surface area contributed by atoms with Gasteiger partial charge in [-0.05, 0) is 20.0 Å². The number of hydrogen-bond acceptors (Lipinski definition) is 6. The summed E-state index contributed by atoms with van der Waals surface area (Å²) in [6, 6.07) is 1.67. The molecule has 1 aliphatic heterocycles. The minimum atomic E-state index is -1.01. The van der Waals surface area contributed by atoms with Crippen molar-refractivity contribution in [2.45, 2.75) is 13.5 Å². The van der Waals surface area contributed by atoms with Gasteiger partial charge in [0, 0.05) is 12.7 Å². The Kier molecular flexibility index (Phi) is 3.66. The van der Waals surface area contributed by atoms with E-state index in [1.54, 1.807) is 24.0 Å². The average Bonchev–Trinajstić information content (AvgIpc) is 2.73. The fraction of sp³-hybridized carbons (Fsp3) is 0.500. The topological polar surface area (TPSA) is 73.7 Å². The van der Waals surface area contributed by atoms with E-state index in [4.69, 9.17) is 9.31 Å². The molecule has 0 bridgehead atoms. The fourth-order valence-electron chi connectivity index (χ4n) is 1.76. The van der Waals surface area contributed by atoms with Gasteiger partial charge >= 0.3 is 19.1 Å². The third-order valence-corrected chi connectivity index (χ3v) is 2.57. The number of carbonyl (C=O) groups is 2. The molecule has 0 spiro atoms. The normalized spacial score (nSPS) is 18.0. The van der Waals surface area contributed by atoms with E-state index in [9.17, 15) is 9.59 Å². The predicted octanol–water partition coefficient (Wildman–Crippen LogP) is -1.37. The van der Waals surface area contributed by atoms with Crippen molar-refractivity contribution < 1.29 is 18.9 Å². The van der Waals surface area contributed by atoms with Crippen LogP contribution in [0, 0.1) is 0 Å². The molecule has 0 atom stereocenters. The van der Waals surface area contributed by atoms with Gasteiger partial charge in [0.2, 0.25) is 0 Å². The molecule has 18 heavy (non-hydrogen) atoms. The number of nitrogens with zero attached hydrogens (tertiary/aromatic N) is 3. The first kappa shape index (κ1) is 12.6. The summed E-state index contributed by atoms with van der Waals surface area (Å²) in [5.41, 5.74) is 0.559. The molecule has 0 saturated carbocycles. The predicted molar refractivity (Wildman–Crippen MR) is 63.0 cm³/mol. The van der Waals surface area contributed by atoms with Crippen LogP contribution in [-0.4, -0.2) is 53.9 Å². The Bertz CT molecular complexity index is 442. The third kappa shape index (κ3) is 2.70. The van der Waals surface area contributed by atoms with E-state index in [0.717, 1.165) is 0 Å². The van der Waals surface area contributed by atoms with Gasteiger partial charge in [0.15, 0.2) is 0 Å². The molecule has 0 aromatic carbocycles. The van der Waals surface area contributed by atoms with Crippen LogP contribution in [0.2, 0.25) is 0 Å². The summed E-state index contributed by atoms with van der Waals surface area (Å²) in [4.78, 5) is 24.7. The monoisotopic (exact) mass is 251 g/mol. The highest BCUT2D eigenvalue weighted by Gasteiger charge is 2.36. The smallest absolute Gasteiger partial charge is 0.493 e. The van der Waals surface area contributed by atoms with Crippen molar-refractivity contribution >= 4 is 24.7 Å². The zero-order valence-corrected chi connectivity index (χ0v) is 10.3. The Morgan fingerprint density at radius 3 is 2.50 bits per heavy atom. The molecule has 8 heteroatoms. The standard InChI is InChI=1S/C10H14BN3O4/c1-3-14-8(4-5-12-14)11-17-9(15)6-13(2)7-10(16)18-11/h4-5H,3,6-7H2,1-2H3. The van der Waals surface area contributed by atoms with Crippen molar-refractivity contribution in [2.24, 2.45) is 0 Å². The summed E-state index contributed by atoms with van der Waals surface area (Å²) < 4.78 is 11.9. The fourth-order valence-corrected chi connectivity index (χ4v) is 1.76. The van der Waals surface area contributed by atoms with Crippen LogP contribution in [0.3, 0.4) is 0 Å². The summed E-state index contributed by atoms with van der Waals surface area (Å²) in [6.45, 7) is 2.63. The molecule has 0 radical (unpaired) electrons. The number of aromatic nitrogens is 2. The molecule has 1 aliphatic rings. The van der Waals surface area contributed by atoms with E-state index in [1.165, 1.54) is 4.90 Å². The Labute approximate surface area is 105 Å². The van der Waals surface area contributed by atoms with Crippen LogP contribution in [0.1, 0.15) is 6.92 Å². The zero-order valence-electron chi connectivity index (χ0n) is 10.3. The molecule has 1 aromatic heterocycles. The number of aryl methyl sites for hydroxylation is 1. The molecule has 1 fully saturated rings. The molecular weight excluding hydrogens is 237 g/mol. The second kappa shape index (κ2) is 5.22. The SMILES string of the molecule is CCn1nccc1B1OC(=O)CN(C)CC(=O)O1. The maximum atomic E-state index is 11.6. The van der Waals surface area contributed by atoms with Gasteiger partial charge in [-0.15, -0.1) is 0 Å². The second-order valence-corrected chi connectivity index (χ2v) is 4.06. The lowest BCUT2D eigenvalue weighted by Crippen LogP contribution is -2.50. The van der Waals surface area contributed by atoms with Crippen LogP contribution in [0.5, 0.6) is 0 Å². The highest BCUT2D eigenvalue weighted by molar-refractivity contribution is 6.63. The first-order chi connectivity index (χ1) is 8.60. The molecule has 2 heterocycles. The van der Waals surface area contributed by atoms with E-state index in [-0.39, 0.29) is 13.1 Å². The second-order valence-electron chi connectivity index (χ2n) is 4.06. The number of hydrogen-bond donors (Lipinski definition) is 0. The van der Waals surface area contributed by atoms with E-state index < -0.39 is 19.1 Å². The van der Waals surface area contributed by atoms with Gasteiger partial charge in [0.25, 0.3) is 0 Å². The van der Waals surface area contributed by atoms with Gasteiger partial charge in [-0.25, -0.2) is 0 Å². The lowest BCUT2D eigenvalue weighted by atomic mass is 9.84. The number of carbonyl (C=O) groups excluding carboxylic acids is 2. The molecule has 2 rings (SSSR count). The molecule has 0 aliphatic carbocycles. The largest absolute Gasteiger partial charge is 0.655 e. The van der Waals surface area contributed by atoms with E-state index >= 15 is 0 Å². The van der Waals surface area contributed by atoms with Gasteiger partial charge in [-0.1, -0.05) is 0 Å². The van der Waals surface area contributed by atoms with Crippen molar-refractivity contribution in [3.63, 3.8) is 0 Å². The van der Waals surface area contributed by atoms with Gasteiger partial charge in [-0.3, -0.25) is 19.2 Å². The quantitative estimate of drug-likeness (QED) is 0.604. The molecule has 1 saturated heterocycles. The van der Waals surface area contributed by atoms with Crippen LogP contribution in [0.25, 0.3) is 0 Å². The Morgan fingerprint density at radius 1 is 1.33 bits per heavy atom. The van der Waals surface area contributed by atoms with Crippen LogP contribution in [0.15, 0.2) is 12.3 Å². The first-order valence-corrected chi connectivity index (χ1v) is 5.69. The summed E-state index contributed by atoms with van der Waals surface area (Å²) in [7, 11) is 0.639. The Morgan fingerprint density at radius 2 is 1.94 bits per heavy atom. The molecule has 0 N–H and O–H groups in total. The number of likely N-dealkylation sites (N-methyl/N-ethyl adjacent to an activating group) is 1. The molecule has 7 nitrogen and oxygen atoms in total. The maximum Gasteiger partial charge on any atom is 0.655 e. The van der Waals surface area contributed by atoms with E-state index in [0.29, 0.717) is 12.1 Å². The zero-order chi connectivity index (χ0) is 13.1. The Balaban J connectivity index is 2.21. The first-order valence-electron chi connectivity index (χ1n) is 5.69. The lowest BCUT2D eigenvalue weighted by Gasteiger charge is -2.22. The molecule has 96 valence electrons. The highest BCUT2D eigenvalue weighted by atomic mass is 16.6.